The number of nitrogens with zero attached hydrogens (tertiary/aromatic N) is 1. The molecule has 1 atom stereocenters. The second-order valence-electron chi connectivity index (χ2n) is 12.3. The van der Waals surface area contributed by atoms with E-state index in [2.05, 4.69) is 72.5 Å². The average Bonchev–Trinajstić information content (AvgIpc) is 2.41. The Bertz CT molecular complexity index is 426. The Kier molecular flexibility index (Phi) is 6.93. The predicted octanol–water partition coefficient (Wildman–Crippen LogP) is 6.11. The number of likely N-dealkylation sites (tertiary alicyclic amines) is 1. The molecule has 0 bridgehead atoms. The molecule has 0 aromatic rings. The van der Waals surface area contributed by atoms with Gasteiger partial charge in [-0.2, -0.15) is 0 Å². The van der Waals surface area contributed by atoms with Crippen LogP contribution in [-0.4, -0.2) is 35.6 Å². The Morgan fingerprint density at radius 2 is 1.38 bits per heavy atom. The first-order chi connectivity index (χ1) is 11.8. The summed E-state index contributed by atoms with van der Waals surface area (Å²) in [4.78, 5) is 2.63. The summed E-state index contributed by atoms with van der Waals surface area (Å²) >= 11 is 0. The molecule has 26 heavy (non-hydrogen) atoms. The van der Waals surface area contributed by atoms with Crippen LogP contribution in [0.3, 0.4) is 0 Å². The Morgan fingerprint density at radius 1 is 0.846 bits per heavy atom. The molecule has 1 N–H and O–H groups in total. The molecular weight excluding hydrogens is 316 g/mol. The summed E-state index contributed by atoms with van der Waals surface area (Å²) < 4.78 is 0. The summed E-state index contributed by atoms with van der Waals surface area (Å²) in [7, 11) is 0. The highest BCUT2D eigenvalue weighted by Gasteiger charge is 2.42. The van der Waals surface area contributed by atoms with Crippen molar-refractivity contribution in [2.75, 3.05) is 13.1 Å². The number of rotatable bonds is 6. The molecule has 0 radical (unpaired) electrons. The van der Waals surface area contributed by atoms with Crippen molar-refractivity contribution in [2.24, 2.45) is 22.7 Å². The second kappa shape index (κ2) is 8.11. The van der Waals surface area contributed by atoms with E-state index in [9.17, 15) is 0 Å². The SMILES string of the molecule is CC(CCC(C)(C)C1CN(C(C)(C)C)C1)NC1CCC(C(C)(C)C)CC1. The fourth-order valence-corrected chi connectivity index (χ4v) is 4.93. The summed E-state index contributed by atoms with van der Waals surface area (Å²) in [6.45, 7) is 24.3. The molecule has 1 aliphatic heterocycles. The van der Waals surface area contributed by atoms with Crippen molar-refractivity contribution in [3.63, 3.8) is 0 Å². The number of nitrogens with one attached hydrogen (secondary N) is 1. The smallest absolute Gasteiger partial charge is 0.0125 e. The van der Waals surface area contributed by atoms with Crippen molar-refractivity contribution in [3.05, 3.63) is 0 Å². The molecule has 154 valence electrons. The molecule has 1 aliphatic carbocycles. The van der Waals surface area contributed by atoms with Crippen LogP contribution in [0, 0.1) is 22.7 Å². The average molecular weight is 365 g/mol. The van der Waals surface area contributed by atoms with Gasteiger partial charge in [-0.3, -0.25) is 4.90 Å². The van der Waals surface area contributed by atoms with Crippen molar-refractivity contribution < 1.29 is 0 Å². The fraction of sp³-hybridized carbons (Fsp3) is 1.00. The van der Waals surface area contributed by atoms with Crippen LogP contribution < -0.4 is 5.32 Å². The third-order valence-corrected chi connectivity index (χ3v) is 7.63. The Balaban J connectivity index is 1.68. The molecule has 1 heterocycles. The maximum atomic E-state index is 3.96. The summed E-state index contributed by atoms with van der Waals surface area (Å²) in [6, 6.07) is 1.41. The van der Waals surface area contributed by atoms with Gasteiger partial charge in [-0.15, -0.1) is 0 Å². The van der Waals surface area contributed by atoms with E-state index in [0.29, 0.717) is 22.4 Å². The molecule has 0 aromatic carbocycles. The topological polar surface area (TPSA) is 15.3 Å². The summed E-state index contributed by atoms with van der Waals surface area (Å²) in [6.07, 6.45) is 8.23. The van der Waals surface area contributed by atoms with E-state index < -0.39 is 0 Å². The van der Waals surface area contributed by atoms with Crippen molar-refractivity contribution in [1.29, 1.82) is 0 Å². The van der Waals surface area contributed by atoms with E-state index >= 15 is 0 Å². The van der Waals surface area contributed by atoms with Gasteiger partial charge in [-0.25, -0.2) is 0 Å². The molecule has 0 amide bonds. The van der Waals surface area contributed by atoms with Crippen molar-refractivity contribution in [1.82, 2.24) is 10.2 Å². The first-order valence-corrected chi connectivity index (χ1v) is 11.3. The van der Waals surface area contributed by atoms with Gasteiger partial charge < -0.3 is 5.32 Å². The van der Waals surface area contributed by atoms with Crippen LogP contribution in [0.15, 0.2) is 0 Å². The first-order valence-electron chi connectivity index (χ1n) is 11.3. The lowest BCUT2D eigenvalue weighted by Crippen LogP contribution is -2.59. The zero-order valence-electron chi connectivity index (χ0n) is 19.4. The van der Waals surface area contributed by atoms with Gasteiger partial charge >= 0.3 is 0 Å². The monoisotopic (exact) mass is 364 g/mol. The van der Waals surface area contributed by atoms with Crippen LogP contribution in [0.1, 0.15) is 101 Å². The molecule has 1 unspecified atom stereocenters. The number of hydrogen-bond donors (Lipinski definition) is 1. The second-order valence-corrected chi connectivity index (χ2v) is 12.3. The highest BCUT2D eigenvalue weighted by molar-refractivity contribution is 4.95. The van der Waals surface area contributed by atoms with E-state index in [1.807, 2.05) is 0 Å². The fourth-order valence-electron chi connectivity index (χ4n) is 4.93. The summed E-state index contributed by atoms with van der Waals surface area (Å²) in [5.74, 6) is 1.79. The zero-order chi connectivity index (χ0) is 19.8. The maximum Gasteiger partial charge on any atom is 0.0125 e. The minimum Gasteiger partial charge on any atom is -0.312 e. The van der Waals surface area contributed by atoms with Gasteiger partial charge in [0, 0.05) is 30.7 Å². The Hall–Kier alpha value is -0.0800. The first kappa shape index (κ1) is 22.2. The minimum absolute atomic E-state index is 0.341. The molecule has 2 heteroatoms. The Labute approximate surface area is 164 Å². The van der Waals surface area contributed by atoms with Gasteiger partial charge in [0.05, 0.1) is 0 Å². The maximum absolute atomic E-state index is 3.96. The lowest BCUT2D eigenvalue weighted by molar-refractivity contribution is -0.0447. The molecule has 0 spiro atoms. The molecule has 2 fully saturated rings. The molecule has 2 nitrogen and oxygen atoms in total. The molecule has 2 rings (SSSR count). The van der Waals surface area contributed by atoms with Gasteiger partial charge in [-0.1, -0.05) is 34.6 Å². The normalized spacial score (nSPS) is 28.0. The van der Waals surface area contributed by atoms with Crippen molar-refractivity contribution >= 4 is 0 Å². The predicted molar refractivity (Wildman–Crippen MR) is 116 cm³/mol. The summed E-state index contributed by atoms with van der Waals surface area (Å²) in [5, 5.41) is 3.96. The van der Waals surface area contributed by atoms with Crippen LogP contribution >= 0.6 is 0 Å². The molecule has 0 aromatic heterocycles. The molecule has 1 saturated heterocycles. The van der Waals surface area contributed by atoms with Crippen molar-refractivity contribution in [3.8, 4) is 0 Å². The minimum atomic E-state index is 0.341. The van der Waals surface area contributed by atoms with Crippen molar-refractivity contribution in [2.45, 2.75) is 118 Å². The van der Waals surface area contributed by atoms with Gasteiger partial charge in [0.25, 0.3) is 0 Å². The molecular formula is C24H48N2. The lowest BCUT2D eigenvalue weighted by atomic mass is 9.70. The van der Waals surface area contributed by atoms with E-state index in [1.54, 1.807) is 0 Å². The van der Waals surface area contributed by atoms with E-state index in [0.717, 1.165) is 17.9 Å². The standard InChI is InChI=1S/C24H48N2/c1-18(25-21-12-10-19(11-13-21)22(2,3)4)14-15-24(8,9)20-16-26(17-20)23(5,6)7/h18-21,25H,10-17H2,1-9H3. The van der Waals surface area contributed by atoms with Crippen LogP contribution in [0.25, 0.3) is 0 Å². The number of hydrogen-bond acceptors (Lipinski definition) is 2. The van der Waals surface area contributed by atoms with Crippen LogP contribution in [0.4, 0.5) is 0 Å². The largest absolute Gasteiger partial charge is 0.312 e. The van der Waals surface area contributed by atoms with Crippen LogP contribution in [-0.2, 0) is 0 Å². The van der Waals surface area contributed by atoms with E-state index in [4.69, 9.17) is 0 Å². The third kappa shape index (κ3) is 5.96. The van der Waals surface area contributed by atoms with Gasteiger partial charge in [-0.05, 0) is 88.9 Å². The molecule has 1 saturated carbocycles. The van der Waals surface area contributed by atoms with Gasteiger partial charge in [0.2, 0.25) is 0 Å². The molecule has 2 aliphatic rings. The highest BCUT2D eigenvalue weighted by atomic mass is 15.2. The quantitative estimate of drug-likeness (QED) is 0.612. The van der Waals surface area contributed by atoms with Crippen LogP contribution in [0.2, 0.25) is 0 Å². The van der Waals surface area contributed by atoms with Crippen LogP contribution in [0.5, 0.6) is 0 Å². The zero-order valence-corrected chi connectivity index (χ0v) is 19.4. The summed E-state index contributed by atoms with van der Waals surface area (Å²) in [5.41, 5.74) is 1.30. The highest BCUT2D eigenvalue weighted by Crippen LogP contribution is 2.41. The Morgan fingerprint density at radius 3 is 1.85 bits per heavy atom. The van der Waals surface area contributed by atoms with E-state index in [1.165, 1.54) is 51.6 Å². The van der Waals surface area contributed by atoms with E-state index in [-0.39, 0.29) is 0 Å². The van der Waals surface area contributed by atoms with Gasteiger partial charge in [0.15, 0.2) is 0 Å². The van der Waals surface area contributed by atoms with Gasteiger partial charge in [0.1, 0.15) is 0 Å². The lowest BCUT2D eigenvalue weighted by Gasteiger charge is -2.53. The third-order valence-electron chi connectivity index (χ3n) is 7.63.